The molecule has 1 N–H and O–H groups in total. The van der Waals surface area contributed by atoms with Gasteiger partial charge in [0.15, 0.2) is 0 Å². The Balaban J connectivity index is 1.65. The van der Waals surface area contributed by atoms with Crippen molar-refractivity contribution >= 4 is 7.92 Å². The first kappa shape index (κ1) is 15.0. The van der Waals surface area contributed by atoms with Gasteiger partial charge in [-0.1, -0.05) is 68.6 Å². The number of hydrogen-bond acceptors (Lipinski definition) is 4. The molecule has 2 aromatic carbocycles. The minimum atomic E-state index is -0.941. The molecule has 4 saturated heterocycles. The summed E-state index contributed by atoms with van der Waals surface area (Å²) in [6, 6.07) is 20.5. The third kappa shape index (κ3) is 2.18. The molecule has 0 radical (unpaired) electrons. The van der Waals surface area contributed by atoms with Gasteiger partial charge in [0.2, 0.25) is 0 Å². The van der Waals surface area contributed by atoms with E-state index in [1.807, 2.05) is 36.4 Å². The zero-order valence-electron chi connectivity index (χ0n) is 13.6. The second kappa shape index (κ2) is 5.62. The molecule has 4 nitrogen and oxygen atoms in total. The number of rotatable bonds is 3. The predicted octanol–water partition coefficient (Wildman–Crippen LogP) is 2.46. The SMILES string of the molecule is OC(c1ccccc1)(c1ccccc1)C1N2CN3CN(C2)CP1C3. The minimum absolute atomic E-state index is 0.185. The van der Waals surface area contributed by atoms with Gasteiger partial charge in [-0.2, -0.15) is 0 Å². The van der Waals surface area contributed by atoms with Crippen molar-refractivity contribution in [1.82, 2.24) is 14.7 Å². The molecule has 4 bridgehead atoms. The van der Waals surface area contributed by atoms with Crippen LogP contribution in [0.1, 0.15) is 11.1 Å². The van der Waals surface area contributed by atoms with E-state index in [0.29, 0.717) is 0 Å². The van der Waals surface area contributed by atoms with E-state index in [1.54, 1.807) is 0 Å². The van der Waals surface area contributed by atoms with Crippen LogP contribution in [-0.4, -0.2) is 58.2 Å². The summed E-state index contributed by atoms with van der Waals surface area (Å²) < 4.78 is 0. The van der Waals surface area contributed by atoms with E-state index >= 15 is 0 Å². The monoisotopic (exact) mass is 339 g/mol. The van der Waals surface area contributed by atoms with Crippen molar-refractivity contribution in [2.45, 2.75) is 11.4 Å². The van der Waals surface area contributed by atoms with Gasteiger partial charge < -0.3 is 5.11 Å². The minimum Gasteiger partial charge on any atom is -0.378 e. The second-order valence-corrected chi connectivity index (χ2v) is 9.33. The lowest BCUT2D eigenvalue weighted by Gasteiger charge is -2.62. The molecule has 0 spiro atoms. The van der Waals surface area contributed by atoms with Gasteiger partial charge in [-0.15, -0.1) is 0 Å². The van der Waals surface area contributed by atoms with E-state index in [0.717, 1.165) is 43.7 Å². The van der Waals surface area contributed by atoms with Crippen LogP contribution >= 0.6 is 7.92 Å². The zero-order chi connectivity index (χ0) is 16.1. The predicted molar refractivity (Wildman–Crippen MR) is 96.4 cm³/mol. The van der Waals surface area contributed by atoms with Gasteiger partial charge in [-0.25, -0.2) is 0 Å². The molecule has 3 atom stereocenters. The number of nitrogens with zero attached hydrogens (tertiary/aromatic N) is 3. The van der Waals surface area contributed by atoms with Crippen molar-refractivity contribution < 1.29 is 5.11 Å². The first-order valence-corrected chi connectivity index (χ1v) is 10.3. The highest BCUT2D eigenvalue weighted by molar-refractivity contribution is 7.58. The quantitative estimate of drug-likeness (QED) is 0.870. The van der Waals surface area contributed by atoms with E-state index in [2.05, 4.69) is 39.0 Å². The van der Waals surface area contributed by atoms with Gasteiger partial charge in [0.05, 0.1) is 25.8 Å². The Morgan fingerprint density at radius 1 is 0.792 bits per heavy atom. The van der Waals surface area contributed by atoms with Crippen LogP contribution in [0.25, 0.3) is 0 Å². The molecular weight excluding hydrogens is 317 g/mol. The Kier molecular flexibility index (Phi) is 3.51. The van der Waals surface area contributed by atoms with Crippen molar-refractivity contribution in [3.63, 3.8) is 0 Å². The molecule has 0 aromatic heterocycles. The lowest BCUT2D eigenvalue weighted by molar-refractivity contribution is -0.0928. The van der Waals surface area contributed by atoms with E-state index in [-0.39, 0.29) is 13.7 Å². The van der Waals surface area contributed by atoms with E-state index in [1.165, 1.54) is 0 Å². The van der Waals surface area contributed by atoms with Crippen LogP contribution in [0, 0.1) is 0 Å². The van der Waals surface area contributed by atoms with Crippen molar-refractivity contribution in [1.29, 1.82) is 0 Å². The largest absolute Gasteiger partial charge is 0.378 e. The first-order chi connectivity index (χ1) is 11.7. The second-order valence-electron chi connectivity index (χ2n) is 7.10. The smallest absolute Gasteiger partial charge is 0.134 e. The maximum atomic E-state index is 12.1. The molecule has 124 valence electrons. The van der Waals surface area contributed by atoms with Gasteiger partial charge in [-0.3, -0.25) is 14.7 Å². The summed E-state index contributed by atoms with van der Waals surface area (Å²) in [5, 5.41) is 12.1. The summed E-state index contributed by atoms with van der Waals surface area (Å²) in [5.41, 5.74) is 1.09. The molecule has 4 aliphatic rings. The zero-order valence-corrected chi connectivity index (χ0v) is 14.5. The van der Waals surface area contributed by atoms with Crippen molar-refractivity contribution in [3.05, 3.63) is 71.8 Å². The molecule has 0 saturated carbocycles. The van der Waals surface area contributed by atoms with Gasteiger partial charge in [0.25, 0.3) is 0 Å². The number of benzene rings is 2. The molecule has 6 rings (SSSR count). The molecule has 24 heavy (non-hydrogen) atoms. The van der Waals surface area contributed by atoms with Crippen LogP contribution < -0.4 is 0 Å². The topological polar surface area (TPSA) is 30.0 Å². The maximum absolute atomic E-state index is 12.1. The standard InChI is InChI=1S/C19H22N3OP/c23-19(16-7-3-1-4-8-16,17-9-5-2-6-10-17)18-22-12-20-11-21(13-22)15-24(18)14-20/h1-10,18,23H,11-15H2. The normalized spacial score (nSPS) is 34.5. The van der Waals surface area contributed by atoms with Crippen LogP contribution in [0.4, 0.5) is 0 Å². The molecule has 4 heterocycles. The molecule has 5 heteroatoms. The van der Waals surface area contributed by atoms with Crippen molar-refractivity contribution in [3.8, 4) is 0 Å². The van der Waals surface area contributed by atoms with E-state index in [9.17, 15) is 5.11 Å². The van der Waals surface area contributed by atoms with Crippen LogP contribution in [0.15, 0.2) is 60.7 Å². The molecule has 4 fully saturated rings. The van der Waals surface area contributed by atoms with Crippen LogP contribution in [0.3, 0.4) is 0 Å². The Morgan fingerprint density at radius 3 is 1.75 bits per heavy atom. The molecule has 0 amide bonds. The molecular formula is C19H22N3OP. The van der Waals surface area contributed by atoms with Gasteiger partial charge in [0.1, 0.15) is 5.60 Å². The first-order valence-electron chi connectivity index (χ1n) is 8.51. The van der Waals surface area contributed by atoms with Crippen LogP contribution in [0.2, 0.25) is 0 Å². The Hall–Kier alpha value is -1.29. The third-order valence-corrected chi connectivity index (χ3v) is 8.34. The fourth-order valence-electron chi connectivity index (χ4n) is 4.59. The number of hydrogen-bond donors (Lipinski definition) is 1. The Morgan fingerprint density at radius 2 is 1.29 bits per heavy atom. The lowest BCUT2D eigenvalue weighted by atomic mass is 9.85. The molecule has 2 aromatic rings. The number of aliphatic hydroxyl groups is 1. The van der Waals surface area contributed by atoms with E-state index < -0.39 is 5.60 Å². The van der Waals surface area contributed by atoms with Crippen molar-refractivity contribution in [2.75, 3.05) is 32.6 Å². The summed E-state index contributed by atoms with van der Waals surface area (Å²) in [6.45, 7) is 3.04. The summed E-state index contributed by atoms with van der Waals surface area (Å²) in [7, 11) is -0.283. The fourth-order valence-corrected chi connectivity index (χ4v) is 7.80. The highest BCUT2D eigenvalue weighted by Crippen LogP contribution is 2.59. The highest BCUT2D eigenvalue weighted by Gasteiger charge is 2.54. The van der Waals surface area contributed by atoms with Crippen molar-refractivity contribution in [2.24, 2.45) is 0 Å². The van der Waals surface area contributed by atoms with Crippen LogP contribution in [-0.2, 0) is 5.60 Å². The Labute approximate surface area is 144 Å². The molecule has 3 unspecified atom stereocenters. The lowest BCUT2D eigenvalue weighted by Crippen LogP contribution is -2.69. The average Bonchev–Trinajstić information content (AvgIpc) is 2.62. The third-order valence-electron chi connectivity index (χ3n) is 5.42. The van der Waals surface area contributed by atoms with Gasteiger partial charge >= 0.3 is 0 Å². The van der Waals surface area contributed by atoms with Crippen LogP contribution in [0.5, 0.6) is 0 Å². The highest BCUT2D eigenvalue weighted by atomic mass is 31.1. The van der Waals surface area contributed by atoms with E-state index in [4.69, 9.17) is 0 Å². The van der Waals surface area contributed by atoms with Gasteiger partial charge in [-0.05, 0) is 11.1 Å². The molecule has 4 aliphatic heterocycles. The summed E-state index contributed by atoms with van der Waals surface area (Å²) in [6.07, 6.45) is 2.30. The Bertz CT molecular complexity index is 656. The summed E-state index contributed by atoms with van der Waals surface area (Å²) in [5.74, 6) is 0.185. The molecule has 0 aliphatic carbocycles. The van der Waals surface area contributed by atoms with Gasteiger partial charge in [0, 0.05) is 12.6 Å². The average molecular weight is 339 g/mol. The summed E-state index contributed by atoms with van der Waals surface area (Å²) in [4.78, 5) is 7.53. The fraction of sp³-hybridized carbons (Fsp3) is 0.368. The summed E-state index contributed by atoms with van der Waals surface area (Å²) >= 11 is 0. The maximum Gasteiger partial charge on any atom is 0.134 e.